The van der Waals surface area contributed by atoms with Gasteiger partial charge in [0.1, 0.15) is 17.8 Å². The van der Waals surface area contributed by atoms with Gasteiger partial charge in [0.25, 0.3) is 11.5 Å². The predicted molar refractivity (Wildman–Crippen MR) is 66.5 cm³/mol. The second kappa shape index (κ2) is 5.89. The van der Waals surface area contributed by atoms with Gasteiger partial charge >= 0.3 is 0 Å². The number of hydrogen-bond acceptors (Lipinski definition) is 5. The molecule has 0 aliphatic rings. The Labute approximate surface area is 108 Å². The zero-order valence-electron chi connectivity index (χ0n) is 10.5. The van der Waals surface area contributed by atoms with Gasteiger partial charge in [0.15, 0.2) is 0 Å². The van der Waals surface area contributed by atoms with Crippen molar-refractivity contribution in [2.24, 2.45) is 7.05 Å². The lowest BCUT2D eigenvalue weighted by Gasteiger charge is -2.04. The predicted octanol–water partition coefficient (Wildman–Crippen LogP) is -0.739. The number of hydrogen-bond donors (Lipinski definition) is 2. The Morgan fingerprint density at radius 2 is 2.32 bits per heavy atom. The van der Waals surface area contributed by atoms with E-state index in [0.29, 0.717) is 13.0 Å². The minimum Gasteiger partial charge on any atom is -0.351 e. The highest BCUT2D eigenvalue weighted by Gasteiger charge is 2.07. The fourth-order valence-corrected chi connectivity index (χ4v) is 1.52. The standard InChI is InChI=1S/C11H14N6O2/c1-17-10(18)5-4-8(16-17)11(19)12-6-2-3-9-13-7-14-15-9/h4-5,7H,2-3,6H2,1H3,(H,12,19)(H,13,14,15). The van der Waals surface area contributed by atoms with Crippen LogP contribution in [-0.2, 0) is 13.5 Å². The number of aromatic amines is 1. The number of rotatable bonds is 5. The molecule has 2 aromatic heterocycles. The van der Waals surface area contributed by atoms with Gasteiger partial charge in [0.2, 0.25) is 0 Å². The molecular formula is C11H14N6O2. The van der Waals surface area contributed by atoms with Crippen LogP contribution < -0.4 is 10.9 Å². The highest BCUT2D eigenvalue weighted by atomic mass is 16.2. The van der Waals surface area contributed by atoms with Gasteiger partial charge in [-0.2, -0.15) is 10.2 Å². The van der Waals surface area contributed by atoms with Crippen LogP contribution in [0.4, 0.5) is 0 Å². The summed E-state index contributed by atoms with van der Waals surface area (Å²) < 4.78 is 1.13. The fourth-order valence-electron chi connectivity index (χ4n) is 1.52. The summed E-state index contributed by atoms with van der Waals surface area (Å²) in [5.74, 6) is 0.489. The van der Waals surface area contributed by atoms with Crippen LogP contribution in [0, 0.1) is 0 Å². The van der Waals surface area contributed by atoms with Gasteiger partial charge in [0, 0.05) is 26.1 Å². The molecule has 0 saturated carbocycles. The van der Waals surface area contributed by atoms with E-state index in [1.807, 2.05) is 0 Å². The van der Waals surface area contributed by atoms with Gasteiger partial charge in [-0.15, -0.1) is 0 Å². The first-order chi connectivity index (χ1) is 9.16. The smallest absolute Gasteiger partial charge is 0.271 e. The average molecular weight is 262 g/mol. The number of H-pyrrole nitrogens is 1. The van der Waals surface area contributed by atoms with Crippen LogP contribution in [0.2, 0.25) is 0 Å². The summed E-state index contributed by atoms with van der Waals surface area (Å²) in [7, 11) is 1.50. The molecule has 2 aromatic rings. The Morgan fingerprint density at radius 3 is 3.00 bits per heavy atom. The summed E-state index contributed by atoms with van der Waals surface area (Å²) in [5, 5.41) is 13.1. The van der Waals surface area contributed by atoms with Gasteiger partial charge in [-0.25, -0.2) is 9.67 Å². The van der Waals surface area contributed by atoms with Crippen LogP contribution in [0.5, 0.6) is 0 Å². The Kier molecular flexibility index (Phi) is 4.01. The summed E-state index contributed by atoms with van der Waals surface area (Å²) in [6, 6.07) is 2.73. The van der Waals surface area contributed by atoms with E-state index in [9.17, 15) is 9.59 Å². The van der Waals surface area contributed by atoms with Crippen molar-refractivity contribution >= 4 is 5.91 Å². The van der Waals surface area contributed by atoms with Crippen molar-refractivity contribution in [3.05, 3.63) is 40.3 Å². The largest absolute Gasteiger partial charge is 0.351 e. The molecule has 0 fully saturated rings. The SMILES string of the molecule is Cn1nc(C(=O)NCCCc2ncn[nH]2)ccc1=O. The maximum absolute atomic E-state index is 11.7. The van der Waals surface area contributed by atoms with Crippen molar-refractivity contribution in [3.63, 3.8) is 0 Å². The van der Waals surface area contributed by atoms with E-state index in [2.05, 4.69) is 25.6 Å². The van der Waals surface area contributed by atoms with Crippen molar-refractivity contribution in [2.75, 3.05) is 6.54 Å². The van der Waals surface area contributed by atoms with E-state index < -0.39 is 0 Å². The Balaban J connectivity index is 1.80. The number of amides is 1. The highest BCUT2D eigenvalue weighted by molar-refractivity contribution is 5.91. The topological polar surface area (TPSA) is 106 Å². The lowest BCUT2D eigenvalue weighted by atomic mass is 10.3. The molecule has 0 atom stereocenters. The molecule has 0 radical (unpaired) electrons. The van der Waals surface area contributed by atoms with Gasteiger partial charge in [0.05, 0.1) is 0 Å². The molecule has 8 nitrogen and oxygen atoms in total. The van der Waals surface area contributed by atoms with Crippen LogP contribution in [0.1, 0.15) is 22.7 Å². The molecule has 2 heterocycles. The maximum atomic E-state index is 11.7. The van der Waals surface area contributed by atoms with Gasteiger partial charge < -0.3 is 5.32 Å². The van der Waals surface area contributed by atoms with E-state index in [0.717, 1.165) is 16.9 Å². The first-order valence-electron chi connectivity index (χ1n) is 5.83. The normalized spacial score (nSPS) is 10.4. The van der Waals surface area contributed by atoms with Crippen molar-refractivity contribution in [1.29, 1.82) is 0 Å². The molecule has 0 unspecified atom stereocenters. The maximum Gasteiger partial charge on any atom is 0.271 e. The van der Waals surface area contributed by atoms with Crippen LogP contribution in [0.3, 0.4) is 0 Å². The second-order valence-electron chi connectivity index (χ2n) is 3.97. The van der Waals surface area contributed by atoms with Crippen molar-refractivity contribution < 1.29 is 4.79 Å². The summed E-state index contributed by atoms with van der Waals surface area (Å²) >= 11 is 0. The first kappa shape index (κ1) is 12.9. The quantitative estimate of drug-likeness (QED) is 0.690. The molecule has 0 saturated heterocycles. The number of aryl methyl sites for hydroxylation is 2. The van der Waals surface area contributed by atoms with E-state index >= 15 is 0 Å². The van der Waals surface area contributed by atoms with Gasteiger partial charge in [-0.3, -0.25) is 14.7 Å². The second-order valence-corrected chi connectivity index (χ2v) is 3.97. The van der Waals surface area contributed by atoms with E-state index in [-0.39, 0.29) is 17.2 Å². The summed E-state index contributed by atoms with van der Waals surface area (Å²) in [4.78, 5) is 26.9. The fraction of sp³-hybridized carbons (Fsp3) is 0.364. The van der Waals surface area contributed by atoms with Gasteiger partial charge in [-0.1, -0.05) is 0 Å². The molecule has 0 bridgehead atoms. The number of nitrogens with zero attached hydrogens (tertiary/aromatic N) is 4. The van der Waals surface area contributed by atoms with Crippen molar-refractivity contribution in [1.82, 2.24) is 30.3 Å². The zero-order chi connectivity index (χ0) is 13.7. The molecule has 100 valence electrons. The minimum atomic E-state index is -0.298. The molecule has 8 heteroatoms. The number of carbonyl (C=O) groups is 1. The molecule has 1 amide bonds. The van der Waals surface area contributed by atoms with Crippen LogP contribution in [-0.4, -0.2) is 37.4 Å². The Morgan fingerprint density at radius 1 is 1.47 bits per heavy atom. The monoisotopic (exact) mass is 262 g/mol. The third-order valence-corrected chi connectivity index (χ3v) is 2.53. The number of aromatic nitrogens is 5. The molecule has 0 aromatic carbocycles. The molecule has 0 aliphatic heterocycles. The molecule has 2 N–H and O–H groups in total. The number of carbonyl (C=O) groups excluding carboxylic acids is 1. The van der Waals surface area contributed by atoms with E-state index in [1.54, 1.807) is 0 Å². The lowest BCUT2D eigenvalue weighted by molar-refractivity contribution is 0.0946. The minimum absolute atomic E-state index is 0.224. The Bertz CT molecular complexity index is 604. The van der Waals surface area contributed by atoms with Crippen molar-refractivity contribution in [3.8, 4) is 0 Å². The average Bonchev–Trinajstić information content (AvgIpc) is 2.91. The molecule has 0 spiro atoms. The Hall–Kier alpha value is -2.51. The molecule has 2 rings (SSSR count). The van der Waals surface area contributed by atoms with Crippen molar-refractivity contribution in [2.45, 2.75) is 12.8 Å². The highest BCUT2D eigenvalue weighted by Crippen LogP contribution is 1.93. The first-order valence-corrected chi connectivity index (χ1v) is 5.83. The zero-order valence-corrected chi connectivity index (χ0v) is 10.5. The summed E-state index contributed by atoms with van der Waals surface area (Å²) in [6.45, 7) is 0.504. The van der Waals surface area contributed by atoms with Gasteiger partial charge in [-0.05, 0) is 12.5 Å². The van der Waals surface area contributed by atoms with Crippen LogP contribution >= 0.6 is 0 Å². The third-order valence-electron chi connectivity index (χ3n) is 2.53. The summed E-state index contributed by atoms with van der Waals surface area (Å²) in [5.41, 5.74) is -0.0244. The molecule has 19 heavy (non-hydrogen) atoms. The van der Waals surface area contributed by atoms with Crippen LogP contribution in [0.25, 0.3) is 0 Å². The van der Waals surface area contributed by atoms with E-state index in [1.165, 1.54) is 25.5 Å². The van der Waals surface area contributed by atoms with Crippen LogP contribution in [0.15, 0.2) is 23.3 Å². The molecular weight excluding hydrogens is 248 g/mol. The third kappa shape index (κ3) is 3.47. The summed E-state index contributed by atoms with van der Waals surface area (Å²) in [6.07, 6.45) is 2.90. The lowest BCUT2D eigenvalue weighted by Crippen LogP contribution is -2.29. The number of nitrogens with one attached hydrogen (secondary N) is 2. The molecule has 0 aliphatic carbocycles. The van der Waals surface area contributed by atoms with E-state index in [4.69, 9.17) is 0 Å².